The molecule has 4 rings (SSSR count). The van der Waals surface area contributed by atoms with Crippen LogP contribution in [0, 0.1) is 0 Å². The van der Waals surface area contributed by atoms with Crippen LogP contribution >= 0.6 is 0 Å². The number of fused-ring (bicyclic) bond motifs is 1. The summed E-state index contributed by atoms with van der Waals surface area (Å²) in [5, 5.41) is 6.62. The van der Waals surface area contributed by atoms with Crippen LogP contribution in [0.15, 0.2) is 55.0 Å². The lowest BCUT2D eigenvalue weighted by Gasteiger charge is -2.19. The molecule has 0 unspecified atom stereocenters. The van der Waals surface area contributed by atoms with E-state index < -0.39 is 5.91 Å². The molecule has 27 heavy (non-hydrogen) atoms. The molecule has 136 valence electrons. The number of nitrogens with zero attached hydrogens (tertiary/aromatic N) is 2. The average Bonchev–Trinajstić information content (AvgIpc) is 2.72. The second kappa shape index (κ2) is 7.55. The van der Waals surface area contributed by atoms with Gasteiger partial charge in [0.2, 0.25) is 0 Å². The Morgan fingerprint density at radius 1 is 1.11 bits per heavy atom. The number of rotatable bonds is 5. The molecule has 3 heterocycles. The van der Waals surface area contributed by atoms with Gasteiger partial charge in [0.25, 0.3) is 5.91 Å². The molecule has 0 saturated heterocycles. The van der Waals surface area contributed by atoms with E-state index in [1.807, 2.05) is 18.2 Å². The number of nitrogens with two attached hydrogens (primary N) is 1. The summed E-state index contributed by atoms with van der Waals surface area (Å²) in [7, 11) is 0. The molecule has 0 fully saturated rings. The lowest BCUT2D eigenvalue weighted by Crippen LogP contribution is -2.23. The van der Waals surface area contributed by atoms with Gasteiger partial charge in [-0.25, -0.2) is 4.98 Å². The molecule has 1 aliphatic heterocycles. The van der Waals surface area contributed by atoms with E-state index >= 15 is 0 Å². The third-order valence-corrected chi connectivity index (χ3v) is 4.81. The van der Waals surface area contributed by atoms with Crippen LogP contribution in [0.5, 0.6) is 0 Å². The van der Waals surface area contributed by atoms with Crippen LogP contribution in [0.25, 0.3) is 11.1 Å². The van der Waals surface area contributed by atoms with Gasteiger partial charge >= 0.3 is 0 Å². The van der Waals surface area contributed by atoms with Crippen molar-refractivity contribution in [2.45, 2.75) is 19.5 Å². The quantitative estimate of drug-likeness (QED) is 0.651. The fourth-order valence-electron chi connectivity index (χ4n) is 3.42. The highest BCUT2D eigenvalue weighted by Gasteiger charge is 2.18. The van der Waals surface area contributed by atoms with Gasteiger partial charge in [-0.15, -0.1) is 0 Å². The number of benzene rings is 1. The summed E-state index contributed by atoms with van der Waals surface area (Å²) in [6.45, 7) is 2.37. The van der Waals surface area contributed by atoms with Crippen LogP contribution in [0.4, 0.5) is 5.82 Å². The summed E-state index contributed by atoms with van der Waals surface area (Å²) >= 11 is 0. The average molecular weight is 359 g/mol. The number of hydrogen-bond donors (Lipinski definition) is 3. The van der Waals surface area contributed by atoms with Crippen molar-refractivity contribution in [2.24, 2.45) is 5.73 Å². The summed E-state index contributed by atoms with van der Waals surface area (Å²) in [5.74, 6) is -0.00108. The highest BCUT2D eigenvalue weighted by Crippen LogP contribution is 2.30. The van der Waals surface area contributed by atoms with Gasteiger partial charge in [-0.3, -0.25) is 9.78 Å². The minimum absolute atomic E-state index is 0.412. The zero-order valence-corrected chi connectivity index (χ0v) is 14.9. The summed E-state index contributed by atoms with van der Waals surface area (Å²) in [6, 6.07) is 12.0. The lowest BCUT2D eigenvalue weighted by atomic mass is 9.93. The number of primary amides is 1. The molecule has 6 heteroatoms. The molecule has 2 aromatic heterocycles. The van der Waals surface area contributed by atoms with E-state index in [1.165, 1.54) is 11.1 Å². The largest absolute Gasteiger partial charge is 0.365 e. The number of amides is 1. The predicted octanol–water partition coefficient (Wildman–Crippen LogP) is 2.50. The minimum atomic E-state index is -0.494. The fourth-order valence-corrected chi connectivity index (χ4v) is 3.42. The van der Waals surface area contributed by atoms with Crippen molar-refractivity contribution in [3.8, 4) is 11.1 Å². The number of aromatic nitrogens is 2. The summed E-state index contributed by atoms with van der Waals surface area (Å²) in [5.41, 5.74) is 11.6. The van der Waals surface area contributed by atoms with Crippen molar-refractivity contribution in [1.82, 2.24) is 15.3 Å². The number of hydrogen-bond acceptors (Lipinski definition) is 5. The molecule has 1 aliphatic rings. The number of nitrogens with one attached hydrogen (secondary N) is 2. The Kier molecular flexibility index (Phi) is 4.80. The molecule has 0 radical (unpaired) electrons. The van der Waals surface area contributed by atoms with Crippen LogP contribution in [-0.2, 0) is 19.5 Å². The van der Waals surface area contributed by atoms with E-state index in [9.17, 15) is 4.79 Å². The molecular formula is C21H21N5O. The van der Waals surface area contributed by atoms with Gasteiger partial charge in [0.1, 0.15) is 5.82 Å². The summed E-state index contributed by atoms with van der Waals surface area (Å²) in [6.07, 6.45) is 6.19. The molecule has 6 nitrogen and oxygen atoms in total. The van der Waals surface area contributed by atoms with Gasteiger partial charge in [-0.1, -0.05) is 12.1 Å². The van der Waals surface area contributed by atoms with Gasteiger partial charge in [0.05, 0.1) is 5.56 Å². The first-order chi connectivity index (χ1) is 13.2. The molecule has 0 spiro atoms. The summed E-state index contributed by atoms with van der Waals surface area (Å²) in [4.78, 5) is 20.6. The van der Waals surface area contributed by atoms with E-state index in [0.717, 1.165) is 36.2 Å². The maximum absolute atomic E-state index is 12.2. The first-order valence-electron chi connectivity index (χ1n) is 8.97. The zero-order chi connectivity index (χ0) is 18.6. The van der Waals surface area contributed by atoms with Crippen LogP contribution in [0.2, 0.25) is 0 Å². The number of pyridine rings is 2. The van der Waals surface area contributed by atoms with Crippen LogP contribution < -0.4 is 16.4 Å². The zero-order valence-electron chi connectivity index (χ0n) is 14.9. The maximum Gasteiger partial charge on any atom is 0.253 e. The first-order valence-corrected chi connectivity index (χ1v) is 8.97. The van der Waals surface area contributed by atoms with E-state index in [2.05, 4.69) is 38.8 Å². The summed E-state index contributed by atoms with van der Waals surface area (Å²) < 4.78 is 0. The number of anilines is 1. The molecule has 0 saturated carbocycles. The van der Waals surface area contributed by atoms with Crippen molar-refractivity contribution < 1.29 is 4.79 Å². The van der Waals surface area contributed by atoms with Crippen molar-refractivity contribution in [3.05, 3.63) is 77.2 Å². The predicted molar refractivity (Wildman–Crippen MR) is 105 cm³/mol. The molecule has 0 atom stereocenters. The standard InChI is InChI=1S/C21H21N5O/c22-20(27)19-18(16-2-1-15-5-9-24-13-17(15)11-16)6-10-25-21(19)26-12-14-3-7-23-8-4-14/h1-4,6-8,10-11,24H,5,9,12-13H2,(H2,22,27)(H,25,26). The third kappa shape index (κ3) is 3.66. The monoisotopic (exact) mass is 359 g/mol. The molecule has 1 aromatic carbocycles. The maximum atomic E-state index is 12.2. The molecular weight excluding hydrogens is 338 g/mol. The Labute approximate surface area is 157 Å². The molecule has 0 aliphatic carbocycles. The Hall–Kier alpha value is -3.25. The highest BCUT2D eigenvalue weighted by molar-refractivity contribution is 6.04. The number of carbonyl (C=O) groups excluding carboxylic acids is 1. The van der Waals surface area contributed by atoms with Crippen LogP contribution in [0.3, 0.4) is 0 Å². The van der Waals surface area contributed by atoms with Crippen LogP contribution in [-0.4, -0.2) is 22.4 Å². The topological polar surface area (TPSA) is 92.9 Å². The van der Waals surface area contributed by atoms with E-state index in [4.69, 9.17) is 5.73 Å². The normalized spacial score (nSPS) is 13.0. The van der Waals surface area contributed by atoms with Crippen molar-refractivity contribution in [3.63, 3.8) is 0 Å². The second-order valence-electron chi connectivity index (χ2n) is 6.57. The SMILES string of the molecule is NC(=O)c1c(-c2ccc3c(c2)CNCC3)ccnc1NCc1ccncc1. The van der Waals surface area contributed by atoms with Crippen LogP contribution in [0.1, 0.15) is 27.0 Å². The van der Waals surface area contributed by atoms with Gasteiger partial charge in [-0.2, -0.15) is 0 Å². The van der Waals surface area contributed by atoms with E-state index in [-0.39, 0.29) is 0 Å². The fraction of sp³-hybridized carbons (Fsp3) is 0.190. The first kappa shape index (κ1) is 17.2. The van der Waals surface area contributed by atoms with Gasteiger partial charge in [0.15, 0.2) is 0 Å². The molecule has 4 N–H and O–H groups in total. The molecule has 1 amide bonds. The molecule has 3 aromatic rings. The van der Waals surface area contributed by atoms with Crippen molar-refractivity contribution in [1.29, 1.82) is 0 Å². The van der Waals surface area contributed by atoms with Crippen molar-refractivity contribution >= 4 is 11.7 Å². The Morgan fingerprint density at radius 3 is 2.78 bits per heavy atom. The second-order valence-corrected chi connectivity index (χ2v) is 6.57. The van der Waals surface area contributed by atoms with E-state index in [0.29, 0.717) is 17.9 Å². The number of carbonyl (C=O) groups is 1. The molecule has 0 bridgehead atoms. The van der Waals surface area contributed by atoms with Crippen molar-refractivity contribution in [2.75, 3.05) is 11.9 Å². The third-order valence-electron chi connectivity index (χ3n) is 4.81. The van der Waals surface area contributed by atoms with E-state index in [1.54, 1.807) is 18.6 Å². The lowest BCUT2D eigenvalue weighted by molar-refractivity contribution is 0.100. The minimum Gasteiger partial charge on any atom is -0.365 e. The van der Waals surface area contributed by atoms with Gasteiger partial charge in [-0.05, 0) is 65.0 Å². The Balaban J connectivity index is 1.70. The smallest absolute Gasteiger partial charge is 0.253 e. The Bertz CT molecular complexity index is 972. The Morgan fingerprint density at radius 2 is 1.96 bits per heavy atom. The highest BCUT2D eigenvalue weighted by atomic mass is 16.1. The van der Waals surface area contributed by atoms with Gasteiger partial charge < -0.3 is 16.4 Å². The van der Waals surface area contributed by atoms with Gasteiger partial charge in [0, 0.05) is 31.7 Å².